The molecule has 3 heterocycles. The Bertz CT molecular complexity index is 666. The summed E-state index contributed by atoms with van der Waals surface area (Å²) in [4.78, 5) is 12.7. The van der Waals surface area contributed by atoms with Crippen LogP contribution < -0.4 is 5.32 Å². The molecule has 0 bridgehead atoms. The van der Waals surface area contributed by atoms with Crippen molar-refractivity contribution in [3.8, 4) is 0 Å². The van der Waals surface area contributed by atoms with Gasteiger partial charge in [-0.25, -0.2) is 9.98 Å². The number of nitrogens with zero attached hydrogens (tertiary/aromatic N) is 4. The molecule has 0 radical (unpaired) electrons. The Hall–Kier alpha value is -1.34. The topological polar surface area (TPSA) is 45.5 Å². The molecule has 1 saturated heterocycles. The summed E-state index contributed by atoms with van der Waals surface area (Å²) in [5.41, 5.74) is 0. The summed E-state index contributed by atoms with van der Waals surface area (Å²) in [6, 6.07) is 2.59. The van der Waals surface area contributed by atoms with Crippen molar-refractivity contribution in [1.82, 2.24) is 19.8 Å². The van der Waals surface area contributed by atoms with Gasteiger partial charge in [0.2, 0.25) is 0 Å². The van der Waals surface area contributed by atoms with Gasteiger partial charge in [0.25, 0.3) is 0 Å². The van der Waals surface area contributed by atoms with Gasteiger partial charge in [-0.1, -0.05) is 6.92 Å². The number of imidazole rings is 1. The van der Waals surface area contributed by atoms with Crippen LogP contribution in [0.5, 0.6) is 0 Å². The van der Waals surface area contributed by atoms with Gasteiger partial charge < -0.3 is 14.8 Å². The third-order valence-corrected chi connectivity index (χ3v) is 6.15. The zero-order chi connectivity index (χ0) is 16.9. The highest BCUT2D eigenvalue weighted by Crippen LogP contribution is 2.27. The van der Waals surface area contributed by atoms with Crippen molar-refractivity contribution in [1.29, 1.82) is 0 Å². The van der Waals surface area contributed by atoms with Crippen LogP contribution in [0.25, 0.3) is 0 Å². The van der Waals surface area contributed by atoms with Gasteiger partial charge in [0.05, 0.1) is 18.9 Å². The van der Waals surface area contributed by atoms with Crippen LogP contribution in [0, 0.1) is 5.92 Å². The molecule has 1 aliphatic rings. The number of halogens is 1. The van der Waals surface area contributed by atoms with Crippen molar-refractivity contribution in [3.05, 3.63) is 39.5 Å². The maximum Gasteiger partial charge on any atom is 0.194 e. The Labute approximate surface area is 155 Å². The third-order valence-electron chi connectivity index (χ3n) is 4.47. The number of likely N-dealkylation sites (tertiary alicyclic amines) is 1. The highest BCUT2D eigenvalue weighted by Gasteiger charge is 2.28. The standard InChI is InChI=1S/C17H24BrN5S/c1-3-20-17(21-9-15-8-14(18)11-24-15)22-6-4-13(2)16(10-22)23-7-5-19-12-23/h5,7-8,11-13,16H,3-4,6,9-10H2,1-2H3,(H,20,21). The number of thiophene rings is 1. The van der Waals surface area contributed by atoms with E-state index in [0.29, 0.717) is 12.0 Å². The van der Waals surface area contributed by atoms with E-state index in [1.54, 1.807) is 11.3 Å². The third kappa shape index (κ3) is 4.19. The average Bonchev–Trinajstić information content (AvgIpc) is 3.24. The van der Waals surface area contributed by atoms with Gasteiger partial charge in [0.15, 0.2) is 5.96 Å². The largest absolute Gasteiger partial charge is 0.357 e. The Kier molecular flexibility index (Phi) is 5.94. The average molecular weight is 410 g/mol. The Morgan fingerprint density at radius 3 is 3.08 bits per heavy atom. The van der Waals surface area contributed by atoms with E-state index < -0.39 is 0 Å². The summed E-state index contributed by atoms with van der Waals surface area (Å²) >= 11 is 5.25. The van der Waals surface area contributed by atoms with Crippen LogP contribution >= 0.6 is 27.3 Å². The van der Waals surface area contributed by atoms with Crippen LogP contribution in [0.4, 0.5) is 0 Å². The molecule has 130 valence electrons. The van der Waals surface area contributed by atoms with E-state index in [2.05, 4.69) is 67.2 Å². The first-order valence-corrected chi connectivity index (χ1v) is 10.1. The van der Waals surface area contributed by atoms with Gasteiger partial charge >= 0.3 is 0 Å². The minimum Gasteiger partial charge on any atom is -0.357 e. The Morgan fingerprint density at radius 1 is 1.54 bits per heavy atom. The zero-order valence-corrected chi connectivity index (χ0v) is 16.6. The molecule has 3 rings (SSSR count). The highest BCUT2D eigenvalue weighted by atomic mass is 79.9. The number of aliphatic imine (C=N–C) groups is 1. The molecule has 2 unspecified atom stereocenters. The smallest absolute Gasteiger partial charge is 0.194 e. The first-order valence-electron chi connectivity index (χ1n) is 8.41. The van der Waals surface area contributed by atoms with Crippen molar-refractivity contribution in [3.63, 3.8) is 0 Å². The SMILES string of the molecule is CCNC(=NCc1cc(Br)cs1)N1CCC(C)C(n2ccnc2)C1. The number of nitrogens with one attached hydrogen (secondary N) is 1. The molecule has 0 aliphatic carbocycles. The molecule has 1 N–H and O–H groups in total. The fourth-order valence-electron chi connectivity index (χ4n) is 3.11. The number of guanidine groups is 1. The van der Waals surface area contributed by atoms with Crippen LogP contribution in [0.2, 0.25) is 0 Å². The monoisotopic (exact) mass is 409 g/mol. The molecule has 2 aromatic heterocycles. The number of piperidine rings is 1. The number of aromatic nitrogens is 2. The molecule has 0 amide bonds. The van der Waals surface area contributed by atoms with E-state index in [4.69, 9.17) is 4.99 Å². The van der Waals surface area contributed by atoms with Crippen LogP contribution in [-0.4, -0.2) is 40.0 Å². The fraction of sp³-hybridized carbons (Fsp3) is 0.529. The van der Waals surface area contributed by atoms with E-state index in [0.717, 1.165) is 43.0 Å². The molecule has 1 aliphatic heterocycles. The molecular formula is C17H24BrN5S. The maximum atomic E-state index is 4.86. The lowest BCUT2D eigenvalue weighted by atomic mass is 9.93. The minimum atomic E-state index is 0.445. The second-order valence-electron chi connectivity index (χ2n) is 6.19. The van der Waals surface area contributed by atoms with Crippen molar-refractivity contribution in [2.24, 2.45) is 10.9 Å². The van der Waals surface area contributed by atoms with Gasteiger partial charge in [-0.05, 0) is 41.3 Å². The maximum absolute atomic E-state index is 4.86. The van der Waals surface area contributed by atoms with Crippen molar-refractivity contribution in [2.45, 2.75) is 32.9 Å². The molecular weight excluding hydrogens is 386 g/mol. The number of hydrogen-bond acceptors (Lipinski definition) is 3. The molecule has 2 aromatic rings. The van der Waals surface area contributed by atoms with Crippen LogP contribution in [-0.2, 0) is 6.54 Å². The predicted octanol–water partition coefficient (Wildman–Crippen LogP) is 3.76. The van der Waals surface area contributed by atoms with E-state index in [-0.39, 0.29) is 0 Å². The van der Waals surface area contributed by atoms with E-state index >= 15 is 0 Å². The first kappa shape index (κ1) is 17.5. The Morgan fingerprint density at radius 2 is 2.42 bits per heavy atom. The van der Waals surface area contributed by atoms with Gasteiger partial charge in [-0.2, -0.15) is 0 Å². The van der Waals surface area contributed by atoms with E-state index in [1.165, 1.54) is 4.88 Å². The second kappa shape index (κ2) is 8.16. The summed E-state index contributed by atoms with van der Waals surface area (Å²) in [5.74, 6) is 1.66. The zero-order valence-electron chi connectivity index (χ0n) is 14.2. The van der Waals surface area contributed by atoms with Crippen molar-refractivity contribution in [2.75, 3.05) is 19.6 Å². The normalized spacial score (nSPS) is 22.0. The highest BCUT2D eigenvalue weighted by molar-refractivity contribution is 9.10. The first-order chi connectivity index (χ1) is 11.7. The Balaban J connectivity index is 1.72. The summed E-state index contributed by atoms with van der Waals surface area (Å²) < 4.78 is 3.37. The molecule has 1 fully saturated rings. The number of hydrogen-bond donors (Lipinski definition) is 1. The molecule has 5 nitrogen and oxygen atoms in total. The van der Waals surface area contributed by atoms with Crippen LogP contribution in [0.3, 0.4) is 0 Å². The summed E-state index contributed by atoms with van der Waals surface area (Å²) in [7, 11) is 0. The predicted molar refractivity (Wildman–Crippen MR) is 103 cm³/mol. The quantitative estimate of drug-likeness (QED) is 0.617. The molecule has 7 heteroatoms. The van der Waals surface area contributed by atoms with Crippen LogP contribution in [0.15, 0.2) is 39.6 Å². The lowest BCUT2D eigenvalue weighted by molar-refractivity contribution is 0.189. The van der Waals surface area contributed by atoms with Crippen molar-refractivity contribution < 1.29 is 0 Å². The van der Waals surface area contributed by atoms with E-state index in [9.17, 15) is 0 Å². The molecule has 2 atom stereocenters. The van der Waals surface area contributed by atoms with Gasteiger partial charge in [-0.15, -0.1) is 11.3 Å². The summed E-state index contributed by atoms with van der Waals surface area (Å²) in [5, 5.41) is 5.56. The van der Waals surface area contributed by atoms with Crippen LogP contribution in [0.1, 0.15) is 31.2 Å². The van der Waals surface area contributed by atoms with E-state index in [1.807, 2.05) is 12.5 Å². The van der Waals surface area contributed by atoms with Gasteiger partial charge in [0.1, 0.15) is 0 Å². The second-order valence-corrected chi connectivity index (χ2v) is 8.10. The summed E-state index contributed by atoms with van der Waals surface area (Å²) in [6.07, 6.45) is 7.02. The number of rotatable bonds is 4. The lowest BCUT2D eigenvalue weighted by Gasteiger charge is -2.39. The lowest BCUT2D eigenvalue weighted by Crippen LogP contribution is -2.49. The minimum absolute atomic E-state index is 0.445. The summed E-state index contributed by atoms with van der Waals surface area (Å²) in [6.45, 7) is 8.07. The fourth-order valence-corrected chi connectivity index (χ4v) is 4.48. The molecule has 0 spiro atoms. The molecule has 0 aromatic carbocycles. The molecule has 0 saturated carbocycles. The van der Waals surface area contributed by atoms with Gasteiger partial charge in [0, 0.05) is 46.8 Å². The van der Waals surface area contributed by atoms with Crippen molar-refractivity contribution >= 4 is 33.2 Å². The van der Waals surface area contributed by atoms with Gasteiger partial charge in [-0.3, -0.25) is 0 Å². The molecule has 24 heavy (non-hydrogen) atoms.